The van der Waals surface area contributed by atoms with Gasteiger partial charge in [0.1, 0.15) is 11.6 Å². The maximum Gasteiger partial charge on any atom is 0.273 e. The highest BCUT2D eigenvalue weighted by atomic mass is 127. The lowest BCUT2D eigenvalue weighted by molar-refractivity contribution is -0.385. The standard InChI is InChI=1S/C7H3FN2O2.C6H3FINO2/c1-9-6-2-5(8)3-7(4-6)10(11)12;7-4-1-5(8)3-6(2-4)9(10)11/h2-4H;1-3H. The van der Waals surface area contributed by atoms with Gasteiger partial charge in [0.2, 0.25) is 0 Å². The number of nitro benzene ring substituents is 2. The predicted molar refractivity (Wildman–Crippen MR) is 85.1 cm³/mol. The van der Waals surface area contributed by atoms with Crippen molar-refractivity contribution in [3.05, 3.63) is 83.2 Å². The Hall–Kier alpha value is -2.68. The Bertz CT molecular complexity index is 788. The SMILES string of the molecule is O=[N+]([O-])c1cc(F)cc(I)c1.[C-]#[N+]c1cc(F)cc([N+](=O)[O-])c1. The molecule has 0 saturated heterocycles. The van der Waals surface area contributed by atoms with Gasteiger partial charge in [0.15, 0.2) is 5.69 Å². The first kappa shape index (κ1) is 18.4. The van der Waals surface area contributed by atoms with E-state index in [0.717, 1.165) is 24.3 Å². The summed E-state index contributed by atoms with van der Waals surface area (Å²) in [7, 11) is 0. The second-order valence-corrected chi connectivity index (χ2v) is 5.17. The van der Waals surface area contributed by atoms with E-state index in [1.54, 1.807) is 0 Å². The van der Waals surface area contributed by atoms with Crippen LogP contribution in [0.15, 0.2) is 36.4 Å². The summed E-state index contributed by atoms with van der Waals surface area (Å²) in [6, 6.07) is 6.17. The van der Waals surface area contributed by atoms with Crippen molar-refractivity contribution >= 4 is 39.7 Å². The lowest BCUT2D eigenvalue weighted by Gasteiger charge is -1.92. The highest BCUT2D eigenvalue weighted by molar-refractivity contribution is 14.1. The van der Waals surface area contributed by atoms with Crippen LogP contribution in [0.2, 0.25) is 0 Å². The molecule has 0 aliphatic carbocycles. The smallest absolute Gasteiger partial charge is 0.258 e. The van der Waals surface area contributed by atoms with Crippen LogP contribution < -0.4 is 0 Å². The van der Waals surface area contributed by atoms with Crippen LogP contribution >= 0.6 is 22.6 Å². The van der Waals surface area contributed by atoms with E-state index in [4.69, 9.17) is 6.57 Å². The van der Waals surface area contributed by atoms with E-state index < -0.39 is 27.2 Å². The number of nitro groups is 2. The van der Waals surface area contributed by atoms with Crippen molar-refractivity contribution in [2.45, 2.75) is 0 Å². The fourth-order valence-corrected chi connectivity index (χ4v) is 1.99. The van der Waals surface area contributed by atoms with Gasteiger partial charge in [-0.15, -0.1) is 0 Å². The number of hydrogen-bond donors (Lipinski definition) is 0. The number of non-ortho nitro benzene ring substituents is 2. The second kappa shape index (κ2) is 8.08. The van der Waals surface area contributed by atoms with Gasteiger partial charge in [0, 0.05) is 21.8 Å². The first-order chi connectivity index (χ1) is 10.7. The molecule has 0 spiro atoms. The average Bonchev–Trinajstić information content (AvgIpc) is 2.46. The van der Waals surface area contributed by atoms with E-state index >= 15 is 0 Å². The van der Waals surface area contributed by atoms with Crippen LogP contribution in [0.5, 0.6) is 0 Å². The summed E-state index contributed by atoms with van der Waals surface area (Å²) >= 11 is 1.82. The molecule has 118 valence electrons. The van der Waals surface area contributed by atoms with E-state index in [0.29, 0.717) is 3.57 Å². The molecule has 0 saturated carbocycles. The lowest BCUT2D eigenvalue weighted by atomic mass is 10.3. The topological polar surface area (TPSA) is 90.6 Å². The maximum atomic E-state index is 12.5. The number of halogens is 3. The van der Waals surface area contributed by atoms with Gasteiger partial charge in [-0.2, -0.15) is 0 Å². The van der Waals surface area contributed by atoms with Crippen molar-refractivity contribution in [1.29, 1.82) is 0 Å². The van der Waals surface area contributed by atoms with Crippen LogP contribution in [0, 0.1) is 42.0 Å². The maximum absolute atomic E-state index is 12.5. The Morgan fingerprint density at radius 3 is 1.83 bits per heavy atom. The third-order valence-corrected chi connectivity index (χ3v) is 2.89. The van der Waals surface area contributed by atoms with Gasteiger partial charge in [-0.25, -0.2) is 13.6 Å². The number of nitrogens with zero attached hydrogens (tertiary/aromatic N) is 3. The van der Waals surface area contributed by atoms with E-state index in [2.05, 4.69) is 4.85 Å². The van der Waals surface area contributed by atoms with Crippen molar-refractivity contribution in [3.63, 3.8) is 0 Å². The summed E-state index contributed by atoms with van der Waals surface area (Å²) in [4.78, 5) is 21.8. The quantitative estimate of drug-likeness (QED) is 0.299. The van der Waals surface area contributed by atoms with Crippen LogP contribution in [0.1, 0.15) is 0 Å². The molecule has 0 N–H and O–H groups in total. The molecule has 2 rings (SSSR count). The Kier molecular flexibility index (Phi) is 6.46. The van der Waals surface area contributed by atoms with Crippen molar-refractivity contribution < 1.29 is 18.6 Å². The van der Waals surface area contributed by atoms with Crippen LogP contribution in [0.25, 0.3) is 4.85 Å². The summed E-state index contributed by atoms with van der Waals surface area (Å²) in [5.41, 5.74) is -0.683. The third-order valence-electron chi connectivity index (χ3n) is 2.27. The fourth-order valence-electron chi connectivity index (χ4n) is 1.37. The summed E-state index contributed by atoms with van der Waals surface area (Å²) in [6.45, 7) is 6.51. The third kappa shape index (κ3) is 5.91. The molecule has 0 aliphatic heterocycles. The minimum Gasteiger partial charge on any atom is -0.258 e. The van der Waals surface area contributed by atoms with Crippen LogP contribution in [0.4, 0.5) is 25.8 Å². The highest BCUT2D eigenvalue weighted by Crippen LogP contribution is 2.21. The summed E-state index contributed by atoms with van der Waals surface area (Å²) in [5, 5.41) is 20.3. The van der Waals surface area contributed by atoms with Crippen molar-refractivity contribution in [2.75, 3.05) is 0 Å². The highest BCUT2D eigenvalue weighted by Gasteiger charge is 2.09. The molecular formula is C13H6F2IN3O4. The Morgan fingerprint density at radius 1 is 0.913 bits per heavy atom. The van der Waals surface area contributed by atoms with Crippen LogP contribution in [0.3, 0.4) is 0 Å². The molecule has 2 aromatic rings. The molecule has 7 nitrogen and oxygen atoms in total. The van der Waals surface area contributed by atoms with E-state index in [1.165, 1.54) is 12.1 Å². The van der Waals surface area contributed by atoms with Gasteiger partial charge in [0.25, 0.3) is 11.4 Å². The first-order valence-corrected chi connectivity index (χ1v) is 6.73. The minimum absolute atomic E-state index is 0.0679. The van der Waals surface area contributed by atoms with E-state index in [1.807, 2.05) is 22.6 Å². The number of hydrogen-bond acceptors (Lipinski definition) is 4. The molecule has 0 fully saturated rings. The van der Waals surface area contributed by atoms with Gasteiger partial charge in [-0.3, -0.25) is 20.2 Å². The molecule has 0 amide bonds. The molecule has 23 heavy (non-hydrogen) atoms. The molecule has 0 bridgehead atoms. The Labute approximate surface area is 141 Å². The van der Waals surface area contributed by atoms with Crippen LogP contribution in [-0.2, 0) is 0 Å². The average molecular weight is 433 g/mol. The normalized spacial score (nSPS) is 9.30. The van der Waals surface area contributed by atoms with Crippen LogP contribution in [-0.4, -0.2) is 9.85 Å². The number of benzene rings is 2. The number of rotatable bonds is 2. The van der Waals surface area contributed by atoms with Crippen molar-refractivity contribution in [1.82, 2.24) is 0 Å². The molecule has 0 unspecified atom stereocenters. The monoisotopic (exact) mass is 433 g/mol. The van der Waals surface area contributed by atoms with Crippen molar-refractivity contribution in [2.24, 2.45) is 0 Å². The van der Waals surface area contributed by atoms with Gasteiger partial charge >= 0.3 is 0 Å². The van der Waals surface area contributed by atoms with E-state index in [9.17, 15) is 29.0 Å². The fraction of sp³-hybridized carbons (Fsp3) is 0. The molecule has 10 heteroatoms. The lowest BCUT2D eigenvalue weighted by Crippen LogP contribution is -1.89. The zero-order chi connectivity index (χ0) is 17.6. The minimum atomic E-state index is -0.768. The Morgan fingerprint density at radius 2 is 1.39 bits per heavy atom. The predicted octanol–water partition coefficient (Wildman–Crippen LogP) is 4.62. The van der Waals surface area contributed by atoms with Crippen molar-refractivity contribution in [3.8, 4) is 0 Å². The molecule has 0 heterocycles. The molecule has 0 radical (unpaired) electrons. The van der Waals surface area contributed by atoms with Gasteiger partial charge in [-0.05, 0) is 34.7 Å². The first-order valence-electron chi connectivity index (χ1n) is 5.66. The molecular weight excluding hydrogens is 427 g/mol. The molecule has 0 aliphatic rings. The molecule has 0 atom stereocenters. The summed E-state index contributed by atoms with van der Waals surface area (Å²) < 4.78 is 25.5. The zero-order valence-corrected chi connectivity index (χ0v) is 13.2. The zero-order valence-electron chi connectivity index (χ0n) is 11.1. The Balaban J connectivity index is 0.000000231. The van der Waals surface area contributed by atoms with Gasteiger partial charge in [0.05, 0.1) is 22.5 Å². The van der Waals surface area contributed by atoms with Gasteiger partial charge < -0.3 is 0 Å². The van der Waals surface area contributed by atoms with E-state index in [-0.39, 0.29) is 11.4 Å². The summed E-state index contributed by atoms with van der Waals surface area (Å²) in [6.07, 6.45) is 0. The van der Waals surface area contributed by atoms with Gasteiger partial charge in [-0.1, -0.05) is 0 Å². The molecule has 0 aromatic heterocycles. The summed E-state index contributed by atoms with van der Waals surface area (Å²) in [5.74, 6) is -1.35. The second-order valence-electron chi connectivity index (χ2n) is 3.92. The largest absolute Gasteiger partial charge is 0.273 e. The molecule has 2 aromatic carbocycles.